The van der Waals surface area contributed by atoms with E-state index in [0.29, 0.717) is 18.7 Å². The first-order chi connectivity index (χ1) is 12.3. The zero-order chi connectivity index (χ0) is 19.3. The highest BCUT2D eigenvalue weighted by molar-refractivity contribution is 7.91. The minimum atomic E-state index is -3.08. The molecule has 0 aliphatic carbocycles. The van der Waals surface area contributed by atoms with E-state index < -0.39 is 20.7 Å². The zero-order valence-electron chi connectivity index (χ0n) is 14.1. The van der Waals surface area contributed by atoms with Gasteiger partial charge in [-0.1, -0.05) is 0 Å². The van der Waals surface area contributed by atoms with Gasteiger partial charge < -0.3 is 10.2 Å². The van der Waals surface area contributed by atoms with Crippen molar-refractivity contribution in [3.05, 3.63) is 46.2 Å². The lowest BCUT2D eigenvalue weighted by atomic mass is 10.2. The van der Waals surface area contributed by atoms with Crippen LogP contribution in [0, 0.1) is 21.4 Å². The van der Waals surface area contributed by atoms with Gasteiger partial charge in [0.05, 0.1) is 16.4 Å². The monoisotopic (exact) mass is 378 g/mol. The molecule has 0 aromatic heterocycles. The summed E-state index contributed by atoms with van der Waals surface area (Å²) >= 11 is 0. The number of nitro groups is 1. The molecule has 0 saturated carbocycles. The molecule has 1 fully saturated rings. The minimum Gasteiger partial charge on any atom is -0.372 e. The molecule has 1 aromatic rings. The van der Waals surface area contributed by atoms with E-state index in [2.05, 4.69) is 5.32 Å². The smallest absolute Gasteiger partial charge is 0.269 e. The van der Waals surface area contributed by atoms with Crippen LogP contribution in [0.1, 0.15) is 13.3 Å². The molecule has 2 rings (SSSR count). The predicted octanol–water partition coefficient (Wildman–Crippen LogP) is 1.45. The van der Waals surface area contributed by atoms with Crippen molar-refractivity contribution in [1.29, 1.82) is 5.26 Å². The fourth-order valence-electron chi connectivity index (χ4n) is 2.66. The first kappa shape index (κ1) is 19.4. The molecule has 26 heavy (non-hydrogen) atoms. The van der Waals surface area contributed by atoms with Crippen molar-refractivity contribution in [3.8, 4) is 6.07 Å². The molecule has 0 radical (unpaired) electrons. The SMILES string of the molecule is CCN(/C=C(/C#N)C(=O)Nc1ccc([N+](=O)[O-])cc1)C1CCS(=O)(=O)C1. The van der Waals surface area contributed by atoms with E-state index in [0.717, 1.165) is 0 Å². The molecular formula is C16H18N4O5S. The van der Waals surface area contributed by atoms with Crippen molar-refractivity contribution < 1.29 is 18.1 Å². The molecule has 1 heterocycles. The highest BCUT2D eigenvalue weighted by atomic mass is 32.2. The van der Waals surface area contributed by atoms with Crippen molar-refractivity contribution in [1.82, 2.24) is 4.90 Å². The van der Waals surface area contributed by atoms with Gasteiger partial charge in [0.15, 0.2) is 9.84 Å². The molecule has 1 atom stereocenters. The van der Waals surface area contributed by atoms with Crippen LogP contribution >= 0.6 is 0 Å². The number of amides is 1. The van der Waals surface area contributed by atoms with Crippen molar-refractivity contribution in [2.75, 3.05) is 23.4 Å². The van der Waals surface area contributed by atoms with Gasteiger partial charge in [-0.2, -0.15) is 5.26 Å². The molecule has 9 nitrogen and oxygen atoms in total. The number of hydrogen-bond donors (Lipinski definition) is 1. The van der Waals surface area contributed by atoms with E-state index in [1.54, 1.807) is 4.90 Å². The number of carbonyl (C=O) groups excluding carboxylic acids is 1. The van der Waals surface area contributed by atoms with Gasteiger partial charge in [-0.15, -0.1) is 0 Å². The first-order valence-corrected chi connectivity index (χ1v) is 9.71. The maximum Gasteiger partial charge on any atom is 0.269 e. The van der Waals surface area contributed by atoms with Gasteiger partial charge in [0.2, 0.25) is 0 Å². The Labute approximate surface area is 151 Å². The zero-order valence-corrected chi connectivity index (χ0v) is 14.9. The van der Waals surface area contributed by atoms with E-state index >= 15 is 0 Å². The number of rotatable bonds is 6. The number of sulfone groups is 1. The molecule has 138 valence electrons. The van der Waals surface area contributed by atoms with E-state index in [9.17, 15) is 28.6 Å². The van der Waals surface area contributed by atoms with Gasteiger partial charge in [-0.25, -0.2) is 8.42 Å². The summed E-state index contributed by atoms with van der Waals surface area (Å²) in [5.41, 5.74) is 0.0291. The minimum absolute atomic E-state index is 0.0000201. The van der Waals surface area contributed by atoms with E-state index in [1.807, 2.05) is 13.0 Å². The second-order valence-corrected chi connectivity index (χ2v) is 8.03. The third-order valence-corrected chi connectivity index (χ3v) is 5.79. The lowest BCUT2D eigenvalue weighted by Gasteiger charge is -2.25. The molecular weight excluding hydrogens is 360 g/mol. The third kappa shape index (κ3) is 4.80. The number of nitriles is 1. The Morgan fingerprint density at radius 3 is 2.58 bits per heavy atom. The van der Waals surface area contributed by atoms with Crippen molar-refractivity contribution in [3.63, 3.8) is 0 Å². The molecule has 1 amide bonds. The summed E-state index contributed by atoms with van der Waals surface area (Å²) in [6.45, 7) is 2.26. The first-order valence-electron chi connectivity index (χ1n) is 7.89. The highest BCUT2D eigenvalue weighted by Crippen LogP contribution is 2.20. The summed E-state index contributed by atoms with van der Waals surface area (Å²) in [7, 11) is -3.08. The lowest BCUT2D eigenvalue weighted by Crippen LogP contribution is -2.32. The van der Waals surface area contributed by atoms with Gasteiger partial charge in [-0.3, -0.25) is 14.9 Å². The van der Waals surface area contributed by atoms with Crippen molar-refractivity contribution >= 4 is 27.1 Å². The van der Waals surface area contributed by atoms with Crippen LogP contribution in [0.5, 0.6) is 0 Å². The summed E-state index contributed by atoms with van der Waals surface area (Å²) < 4.78 is 23.3. The van der Waals surface area contributed by atoms with Gasteiger partial charge in [0.25, 0.3) is 11.6 Å². The fourth-order valence-corrected chi connectivity index (χ4v) is 4.40. The average Bonchev–Trinajstić information content (AvgIpc) is 2.96. The number of nitro benzene ring substituents is 1. The molecule has 1 aliphatic rings. The van der Waals surface area contributed by atoms with Crippen LogP contribution in [0.3, 0.4) is 0 Å². The van der Waals surface area contributed by atoms with Gasteiger partial charge >= 0.3 is 0 Å². The van der Waals surface area contributed by atoms with Gasteiger partial charge in [0, 0.05) is 36.6 Å². The molecule has 0 spiro atoms. The maximum atomic E-state index is 12.3. The standard InChI is InChI=1S/C16H18N4O5S/c1-2-19(15-7-8-26(24,25)11-15)10-12(9-17)16(21)18-13-3-5-14(6-4-13)20(22)23/h3-6,10,15H,2,7-8,11H2,1H3,(H,18,21)/b12-10-. The van der Waals surface area contributed by atoms with Crippen molar-refractivity contribution in [2.45, 2.75) is 19.4 Å². The number of benzene rings is 1. The summed E-state index contributed by atoms with van der Waals surface area (Å²) in [5.74, 6) is -0.570. The average molecular weight is 378 g/mol. The molecule has 1 aromatic carbocycles. The maximum absolute atomic E-state index is 12.3. The Balaban J connectivity index is 2.12. The van der Waals surface area contributed by atoms with Crippen molar-refractivity contribution in [2.24, 2.45) is 0 Å². The Bertz CT molecular complexity index is 871. The van der Waals surface area contributed by atoms with E-state index in [-0.39, 0.29) is 28.8 Å². The molecule has 10 heteroatoms. The summed E-state index contributed by atoms with van der Waals surface area (Å²) in [5, 5.41) is 22.4. The van der Waals surface area contributed by atoms with E-state index in [4.69, 9.17) is 0 Å². The number of anilines is 1. The van der Waals surface area contributed by atoms with Crippen LogP contribution < -0.4 is 5.32 Å². The summed E-state index contributed by atoms with van der Waals surface area (Å²) in [6.07, 6.45) is 1.82. The quantitative estimate of drug-likeness (QED) is 0.343. The number of nitrogens with zero attached hydrogens (tertiary/aromatic N) is 3. The fraction of sp³-hybridized carbons (Fsp3) is 0.375. The topological polar surface area (TPSA) is 133 Å². The highest BCUT2D eigenvalue weighted by Gasteiger charge is 2.31. The van der Waals surface area contributed by atoms with Crippen LogP contribution in [0.2, 0.25) is 0 Å². The van der Waals surface area contributed by atoms with Gasteiger partial charge in [-0.05, 0) is 25.5 Å². The van der Waals surface area contributed by atoms with Gasteiger partial charge in [0.1, 0.15) is 11.6 Å². The Morgan fingerprint density at radius 2 is 2.12 bits per heavy atom. The second-order valence-electron chi connectivity index (χ2n) is 5.80. The Hall–Kier alpha value is -2.93. The molecule has 1 unspecified atom stereocenters. The Kier molecular flexibility index (Phi) is 5.94. The van der Waals surface area contributed by atoms with Crippen LogP contribution in [0.15, 0.2) is 36.0 Å². The number of carbonyl (C=O) groups is 1. The number of hydrogen-bond acceptors (Lipinski definition) is 7. The van der Waals surface area contributed by atoms with Crippen LogP contribution in [-0.4, -0.2) is 48.2 Å². The Morgan fingerprint density at radius 1 is 1.46 bits per heavy atom. The van der Waals surface area contributed by atoms with E-state index in [1.165, 1.54) is 30.5 Å². The lowest BCUT2D eigenvalue weighted by molar-refractivity contribution is -0.384. The largest absolute Gasteiger partial charge is 0.372 e. The summed E-state index contributed by atoms with van der Waals surface area (Å²) in [4.78, 5) is 24.0. The molecule has 1 aliphatic heterocycles. The molecule has 1 saturated heterocycles. The third-order valence-electron chi connectivity index (χ3n) is 4.04. The molecule has 1 N–H and O–H groups in total. The van der Waals surface area contributed by atoms with Crippen LogP contribution in [0.4, 0.5) is 11.4 Å². The number of non-ortho nitro benzene ring substituents is 1. The normalized spacial score (nSPS) is 18.8. The molecule has 0 bridgehead atoms. The van der Waals surface area contributed by atoms with Crippen LogP contribution in [0.25, 0.3) is 0 Å². The second kappa shape index (κ2) is 7.97. The predicted molar refractivity (Wildman–Crippen MR) is 94.9 cm³/mol. The summed E-state index contributed by atoms with van der Waals surface area (Å²) in [6, 6.07) is 6.77. The van der Waals surface area contributed by atoms with Crippen LogP contribution in [-0.2, 0) is 14.6 Å². The number of nitrogens with one attached hydrogen (secondary N) is 1.